The third kappa shape index (κ3) is 3.41. The molecule has 1 aliphatic heterocycles. The van der Waals surface area contributed by atoms with Crippen LogP contribution in [0.5, 0.6) is 0 Å². The number of aryl methyl sites for hydroxylation is 1. The van der Waals surface area contributed by atoms with E-state index in [-0.39, 0.29) is 0 Å². The molecular weight excluding hydrogens is 394 g/mol. The van der Waals surface area contributed by atoms with E-state index in [4.69, 9.17) is 0 Å². The zero-order chi connectivity index (χ0) is 14.8. The van der Waals surface area contributed by atoms with Gasteiger partial charge in [0.2, 0.25) is 0 Å². The first kappa shape index (κ1) is 14.5. The summed E-state index contributed by atoms with van der Waals surface area (Å²) in [7, 11) is 1.92. The van der Waals surface area contributed by atoms with Crippen molar-refractivity contribution in [1.29, 1.82) is 0 Å². The predicted molar refractivity (Wildman–Crippen MR) is 93.9 cm³/mol. The summed E-state index contributed by atoms with van der Waals surface area (Å²) >= 11 is 6.81. The Balaban J connectivity index is 0.000000126. The molecule has 0 radical (unpaired) electrons. The monoisotopic (exact) mass is 405 g/mol. The Hall–Kier alpha value is -1.46. The minimum absolute atomic E-state index is 0.850. The molecule has 0 saturated heterocycles. The lowest BCUT2D eigenvalue weighted by molar-refractivity contribution is 0.780. The number of aliphatic imine (C=N–C) groups is 1. The molecule has 0 bridgehead atoms. The molecule has 3 nitrogen and oxygen atoms in total. The Bertz CT molecular complexity index is 822. The van der Waals surface area contributed by atoms with Crippen LogP contribution in [0.3, 0.4) is 0 Å². The zero-order valence-corrected chi connectivity index (χ0v) is 14.6. The van der Waals surface area contributed by atoms with Crippen LogP contribution in [0.4, 0.5) is 0 Å². The van der Waals surface area contributed by atoms with Crippen molar-refractivity contribution in [1.82, 2.24) is 9.78 Å². The first-order valence-corrected chi connectivity index (χ1v) is 8.07. The van der Waals surface area contributed by atoms with Crippen molar-refractivity contribution in [2.45, 2.75) is 6.54 Å². The fraction of sp³-hybridized carbons (Fsp3) is 0.125. The molecule has 4 rings (SSSR count). The smallest absolute Gasteiger partial charge is 0.0923 e. The molecule has 0 amide bonds. The summed E-state index contributed by atoms with van der Waals surface area (Å²) in [6, 6.07) is 12.3. The maximum absolute atomic E-state index is 4.25. The van der Waals surface area contributed by atoms with E-state index in [1.54, 1.807) is 0 Å². The van der Waals surface area contributed by atoms with E-state index in [1.807, 2.05) is 42.3 Å². The number of hydrogen-bond acceptors (Lipinski definition) is 2. The Kier molecular flexibility index (Phi) is 4.22. The Labute approximate surface area is 140 Å². The minimum atomic E-state index is 0.850. The summed E-state index contributed by atoms with van der Waals surface area (Å²) in [6.07, 6.45) is 3.92. The van der Waals surface area contributed by atoms with Gasteiger partial charge in [-0.05, 0) is 41.5 Å². The maximum Gasteiger partial charge on any atom is 0.0923 e. The number of aromatic nitrogens is 2. The summed E-state index contributed by atoms with van der Waals surface area (Å²) < 4.78 is 4.04. The highest BCUT2D eigenvalue weighted by atomic mass is 79.9. The van der Waals surface area contributed by atoms with Crippen LogP contribution in [0.25, 0.3) is 10.9 Å². The molecule has 2 aromatic carbocycles. The Morgan fingerprint density at radius 2 is 1.81 bits per heavy atom. The highest BCUT2D eigenvalue weighted by Gasteiger charge is 2.04. The summed E-state index contributed by atoms with van der Waals surface area (Å²) in [5, 5.41) is 5.42. The molecule has 0 atom stereocenters. The molecule has 21 heavy (non-hydrogen) atoms. The molecule has 3 aromatic rings. The van der Waals surface area contributed by atoms with Crippen LogP contribution >= 0.6 is 31.9 Å². The lowest BCUT2D eigenvalue weighted by Gasteiger charge is -1.95. The van der Waals surface area contributed by atoms with E-state index in [0.717, 1.165) is 21.0 Å². The van der Waals surface area contributed by atoms with Gasteiger partial charge in [0, 0.05) is 33.8 Å². The highest BCUT2D eigenvalue weighted by molar-refractivity contribution is 9.10. The summed E-state index contributed by atoms with van der Waals surface area (Å²) in [5.41, 5.74) is 3.60. The molecule has 0 unspecified atom stereocenters. The second-order valence-electron chi connectivity index (χ2n) is 4.82. The van der Waals surface area contributed by atoms with Gasteiger partial charge in [-0.3, -0.25) is 9.67 Å². The number of nitrogens with zero attached hydrogens (tertiary/aromatic N) is 3. The van der Waals surface area contributed by atoms with E-state index in [0.29, 0.717) is 0 Å². The van der Waals surface area contributed by atoms with Crippen molar-refractivity contribution in [2.24, 2.45) is 12.0 Å². The van der Waals surface area contributed by atoms with E-state index in [1.165, 1.54) is 16.5 Å². The second-order valence-corrected chi connectivity index (χ2v) is 6.65. The van der Waals surface area contributed by atoms with Gasteiger partial charge in [0.25, 0.3) is 0 Å². The molecule has 0 saturated carbocycles. The maximum atomic E-state index is 4.25. The number of hydrogen-bond donors (Lipinski definition) is 0. The average Bonchev–Trinajstić information content (AvgIpc) is 3.03. The topological polar surface area (TPSA) is 30.2 Å². The first-order chi connectivity index (χ1) is 10.1. The lowest BCUT2D eigenvalue weighted by atomic mass is 10.1. The molecule has 0 N–H and O–H groups in total. The van der Waals surface area contributed by atoms with Gasteiger partial charge in [0.05, 0.1) is 12.1 Å². The molecule has 0 aliphatic carbocycles. The van der Waals surface area contributed by atoms with Crippen molar-refractivity contribution >= 4 is 49.0 Å². The third-order valence-corrected chi connectivity index (χ3v) is 4.17. The standard InChI is InChI=1S/C8H7BrN2.C8H6BrN/c1-11-5-6-4-7(9)2-3-8(6)10-11;9-8-2-1-6-4-10-5-7(6)3-8/h2-5H,1H3;1-3,5H,4H2. The molecule has 2 heterocycles. The Morgan fingerprint density at radius 1 is 1.05 bits per heavy atom. The summed E-state index contributed by atoms with van der Waals surface area (Å²) in [4.78, 5) is 4.15. The van der Waals surface area contributed by atoms with E-state index >= 15 is 0 Å². The second kappa shape index (κ2) is 6.12. The van der Waals surface area contributed by atoms with Gasteiger partial charge in [-0.25, -0.2) is 0 Å². The minimum Gasteiger partial charge on any atom is -0.288 e. The number of benzene rings is 2. The number of fused-ring (bicyclic) bond motifs is 2. The van der Waals surface area contributed by atoms with Crippen molar-refractivity contribution in [2.75, 3.05) is 0 Å². The van der Waals surface area contributed by atoms with Gasteiger partial charge in [0.15, 0.2) is 0 Å². The van der Waals surface area contributed by atoms with Crippen LogP contribution in [0.2, 0.25) is 0 Å². The van der Waals surface area contributed by atoms with Gasteiger partial charge in [-0.1, -0.05) is 37.9 Å². The quantitative estimate of drug-likeness (QED) is 0.531. The van der Waals surface area contributed by atoms with Gasteiger partial charge < -0.3 is 0 Å². The van der Waals surface area contributed by atoms with Crippen molar-refractivity contribution in [3.05, 3.63) is 62.7 Å². The molecule has 0 fully saturated rings. The predicted octanol–water partition coefficient (Wildman–Crippen LogP) is 4.72. The number of halogens is 2. The third-order valence-electron chi connectivity index (χ3n) is 3.18. The van der Waals surface area contributed by atoms with Gasteiger partial charge in [-0.2, -0.15) is 5.10 Å². The van der Waals surface area contributed by atoms with Crippen LogP contribution in [0.15, 0.2) is 56.5 Å². The van der Waals surface area contributed by atoms with Crippen molar-refractivity contribution < 1.29 is 0 Å². The van der Waals surface area contributed by atoms with E-state index in [9.17, 15) is 0 Å². The lowest BCUT2D eigenvalue weighted by Crippen LogP contribution is -1.84. The van der Waals surface area contributed by atoms with Crippen LogP contribution in [0, 0.1) is 0 Å². The van der Waals surface area contributed by atoms with E-state index in [2.05, 4.69) is 60.2 Å². The zero-order valence-electron chi connectivity index (χ0n) is 11.4. The van der Waals surface area contributed by atoms with E-state index < -0.39 is 0 Å². The van der Waals surface area contributed by atoms with Crippen LogP contribution in [0.1, 0.15) is 11.1 Å². The first-order valence-electron chi connectivity index (χ1n) is 6.49. The van der Waals surface area contributed by atoms with Crippen molar-refractivity contribution in [3.8, 4) is 0 Å². The average molecular weight is 407 g/mol. The molecule has 1 aliphatic rings. The Morgan fingerprint density at radius 3 is 2.67 bits per heavy atom. The van der Waals surface area contributed by atoms with Crippen LogP contribution < -0.4 is 0 Å². The highest BCUT2D eigenvalue weighted by Crippen LogP contribution is 2.19. The summed E-state index contributed by atoms with van der Waals surface area (Å²) in [5.74, 6) is 0. The molecular formula is C16H13Br2N3. The SMILES string of the molecule is Brc1ccc2c(c1)C=NC2.Cn1cc2cc(Br)ccc2n1. The van der Waals surface area contributed by atoms with Gasteiger partial charge in [-0.15, -0.1) is 0 Å². The molecule has 106 valence electrons. The molecule has 1 aromatic heterocycles. The summed E-state index contributed by atoms with van der Waals surface area (Å²) in [6.45, 7) is 0.850. The normalized spacial score (nSPS) is 12.1. The van der Waals surface area contributed by atoms with Crippen LogP contribution in [-0.4, -0.2) is 16.0 Å². The number of rotatable bonds is 0. The fourth-order valence-corrected chi connectivity index (χ4v) is 2.95. The largest absolute Gasteiger partial charge is 0.288 e. The van der Waals surface area contributed by atoms with Gasteiger partial charge in [0.1, 0.15) is 0 Å². The molecule has 5 heteroatoms. The fourth-order valence-electron chi connectivity index (χ4n) is 2.19. The van der Waals surface area contributed by atoms with Gasteiger partial charge >= 0.3 is 0 Å². The van der Waals surface area contributed by atoms with Crippen LogP contribution in [-0.2, 0) is 13.6 Å². The molecule has 0 spiro atoms. The van der Waals surface area contributed by atoms with Crippen molar-refractivity contribution in [3.63, 3.8) is 0 Å².